The van der Waals surface area contributed by atoms with Crippen LogP contribution in [-0.2, 0) is 31.3 Å². The molecule has 0 aromatic heterocycles. The average molecular weight is 523 g/mol. The maximum Gasteiger partial charge on any atom is 3.00 e. The molecule has 1 N–H and O–H groups in total. The van der Waals surface area contributed by atoms with Crippen LogP contribution in [0.15, 0.2) is 43.0 Å². The van der Waals surface area contributed by atoms with Gasteiger partial charge in [0.15, 0.2) is 0 Å². The summed E-state index contributed by atoms with van der Waals surface area (Å²) >= 11 is 0. The number of nitrogens with one attached hydrogen (secondary N) is 1. The van der Waals surface area contributed by atoms with Crippen molar-refractivity contribution in [2.75, 3.05) is 0 Å². The van der Waals surface area contributed by atoms with Gasteiger partial charge in [-0.2, -0.15) is 0 Å². The molecule has 25 heavy (non-hydrogen) atoms. The van der Waals surface area contributed by atoms with Crippen LogP contribution in [0.25, 0.3) is 5.73 Å². The molecule has 0 aliphatic heterocycles. The Kier molecular flexibility index (Phi) is 15.0. The number of carbonyl (C=O) groups excluding carboxylic acids is 1. The van der Waals surface area contributed by atoms with Crippen molar-refractivity contribution in [1.82, 2.24) is 0 Å². The molecule has 2 rings (SSSR count). The van der Waals surface area contributed by atoms with Gasteiger partial charge in [0.25, 0.3) is 0 Å². The van der Waals surface area contributed by atoms with E-state index in [1.807, 2.05) is 0 Å². The van der Waals surface area contributed by atoms with Crippen molar-refractivity contribution in [3.05, 3.63) is 54.3 Å². The Balaban J connectivity index is 0. The second kappa shape index (κ2) is 14.3. The molecule has 0 bridgehead atoms. The van der Waals surface area contributed by atoms with Crippen LogP contribution < -0.4 is 0 Å². The van der Waals surface area contributed by atoms with Crippen LogP contribution in [0.5, 0.6) is 0 Å². The van der Waals surface area contributed by atoms with Gasteiger partial charge in [-0.1, -0.05) is 84.9 Å². The second-order valence-corrected chi connectivity index (χ2v) is 7.10. The number of carbonyl (C=O) groups is 1. The van der Waals surface area contributed by atoms with Gasteiger partial charge in [0.1, 0.15) is 0 Å². The predicted molar refractivity (Wildman–Crippen MR) is 106 cm³/mol. The Morgan fingerprint density at radius 1 is 0.960 bits per heavy atom. The van der Waals surface area contributed by atoms with Crippen molar-refractivity contribution in [1.29, 1.82) is 0 Å². The Bertz CT molecular complexity index is 429. The normalized spacial score (nSPS) is 26.9. The molecule has 0 atom stereocenters. The molecular weight excluding hydrogens is 486 g/mol. The molecule has 2 nitrogen and oxygen atoms in total. The van der Waals surface area contributed by atoms with Crippen molar-refractivity contribution < 1.29 is 24.9 Å². The molecule has 1 aliphatic rings. The SMILES string of the molecule is C=CC([NH-])=O.CC1C(C)C(C)C(C)C1C.CCCc1ccccc1.[Ir+3]. The third kappa shape index (κ3) is 9.97. The Labute approximate surface area is 169 Å². The second-order valence-electron chi connectivity index (χ2n) is 7.10. The van der Waals surface area contributed by atoms with Gasteiger partial charge < -0.3 is 10.5 Å². The number of rotatable bonds is 3. The Hall–Kier alpha value is -0.921. The van der Waals surface area contributed by atoms with E-state index in [9.17, 15) is 4.79 Å². The molecule has 1 aromatic carbocycles. The van der Waals surface area contributed by atoms with Gasteiger partial charge in [-0.3, -0.25) is 0 Å². The smallest absolute Gasteiger partial charge is 0.664 e. The fourth-order valence-electron chi connectivity index (χ4n) is 3.33. The Morgan fingerprint density at radius 3 is 1.52 bits per heavy atom. The van der Waals surface area contributed by atoms with Crippen LogP contribution in [0.4, 0.5) is 0 Å². The van der Waals surface area contributed by atoms with E-state index in [0.29, 0.717) is 0 Å². The van der Waals surface area contributed by atoms with Crippen LogP contribution in [0.3, 0.4) is 0 Å². The summed E-state index contributed by atoms with van der Waals surface area (Å²) in [6.45, 7) is 17.2. The van der Waals surface area contributed by atoms with E-state index >= 15 is 0 Å². The maximum absolute atomic E-state index is 9.36. The van der Waals surface area contributed by atoms with Gasteiger partial charge in [0.05, 0.1) is 5.91 Å². The van der Waals surface area contributed by atoms with Crippen molar-refractivity contribution >= 4 is 5.91 Å². The molecule has 0 heterocycles. The molecule has 0 spiro atoms. The van der Waals surface area contributed by atoms with Gasteiger partial charge >= 0.3 is 20.1 Å². The minimum Gasteiger partial charge on any atom is -0.664 e. The minimum atomic E-state index is -0.731. The molecule has 0 radical (unpaired) electrons. The van der Waals surface area contributed by atoms with Crippen LogP contribution in [0.2, 0.25) is 0 Å². The fraction of sp³-hybridized carbons (Fsp3) is 0.591. The van der Waals surface area contributed by atoms with E-state index < -0.39 is 5.91 Å². The summed E-state index contributed by atoms with van der Waals surface area (Å²) in [6.07, 6.45) is 3.39. The molecule has 1 aliphatic carbocycles. The first kappa shape index (κ1) is 26.3. The molecule has 1 fully saturated rings. The number of hydrogen-bond donors (Lipinski definition) is 0. The first-order valence-electron chi connectivity index (χ1n) is 9.18. The fourth-order valence-corrected chi connectivity index (χ4v) is 3.33. The predicted octanol–water partition coefficient (Wildman–Crippen LogP) is 6.57. The zero-order valence-corrected chi connectivity index (χ0v) is 19.1. The van der Waals surface area contributed by atoms with Crippen molar-refractivity contribution in [3.8, 4) is 0 Å². The molecular formula is C22H36IrNO+2. The zero-order chi connectivity index (χ0) is 18.7. The minimum absolute atomic E-state index is 0. The summed E-state index contributed by atoms with van der Waals surface area (Å²) in [5.74, 6) is 3.94. The molecule has 0 unspecified atom stereocenters. The van der Waals surface area contributed by atoms with E-state index in [-0.39, 0.29) is 20.1 Å². The zero-order valence-electron chi connectivity index (χ0n) is 16.7. The van der Waals surface area contributed by atoms with E-state index in [1.165, 1.54) is 18.4 Å². The molecule has 1 aromatic rings. The summed E-state index contributed by atoms with van der Waals surface area (Å²) in [4.78, 5) is 9.36. The summed E-state index contributed by atoms with van der Waals surface area (Å²) in [6, 6.07) is 10.6. The topological polar surface area (TPSA) is 40.9 Å². The summed E-state index contributed by atoms with van der Waals surface area (Å²) in [5, 5.41) is 0. The number of hydrogen-bond acceptors (Lipinski definition) is 1. The Morgan fingerprint density at radius 2 is 1.28 bits per heavy atom. The van der Waals surface area contributed by atoms with Gasteiger partial charge in [-0.05, 0) is 47.6 Å². The molecule has 1 saturated carbocycles. The van der Waals surface area contributed by atoms with Crippen LogP contribution in [0.1, 0.15) is 53.5 Å². The first-order chi connectivity index (χ1) is 11.3. The number of aryl methyl sites for hydroxylation is 1. The first-order valence-corrected chi connectivity index (χ1v) is 9.18. The quantitative estimate of drug-likeness (QED) is 0.414. The number of amides is 1. The molecule has 3 heteroatoms. The molecule has 1 amide bonds. The third-order valence-corrected chi connectivity index (χ3v) is 5.71. The van der Waals surface area contributed by atoms with Crippen molar-refractivity contribution in [3.63, 3.8) is 0 Å². The van der Waals surface area contributed by atoms with Gasteiger partial charge in [0, 0.05) is 0 Å². The van der Waals surface area contributed by atoms with E-state index in [2.05, 4.69) is 78.5 Å². The summed E-state index contributed by atoms with van der Waals surface area (Å²) in [5.41, 5.74) is 7.51. The summed E-state index contributed by atoms with van der Waals surface area (Å²) in [7, 11) is 0. The molecule has 142 valence electrons. The maximum atomic E-state index is 9.36. The van der Waals surface area contributed by atoms with E-state index in [1.54, 1.807) is 0 Å². The van der Waals surface area contributed by atoms with Gasteiger partial charge in [-0.25, -0.2) is 0 Å². The van der Waals surface area contributed by atoms with Crippen LogP contribution in [-0.4, -0.2) is 5.91 Å². The van der Waals surface area contributed by atoms with Gasteiger partial charge in [-0.15, -0.1) is 0 Å². The van der Waals surface area contributed by atoms with E-state index in [4.69, 9.17) is 5.73 Å². The largest absolute Gasteiger partial charge is 3.00 e. The monoisotopic (exact) mass is 523 g/mol. The average Bonchev–Trinajstić information content (AvgIpc) is 2.75. The van der Waals surface area contributed by atoms with Crippen molar-refractivity contribution in [2.45, 2.75) is 54.4 Å². The molecule has 0 saturated heterocycles. The third-order valence-electron chi connectivity index (χ3n) is 5.71. The number of benzene rings is 1. The summed E-state index contributed by atoms with van der Waals surface area (Å²) < 4.78 is 0. The standard InChI is InChI=1S/C10H20.C9H12.C3H5NO.Ir/c1-6-7(2)9(4)10(5)8(6)3;1-2-6-9-7-4-3-5-8-9;1-2-3(4)5;/h6-10H,1-5H3;3-5,7-8H,2,6H2,1H3;2H,1H2,(H2,4,5);/q;;;+3/p-1. The van der Waals surface area contributed by atoms with Gasteiger partial charge in [0.2, 0.25) is 0 Å². The van der Waals surface area contributed by atoms with Crippen molar-refractivity contribution in [2.24, 2.45) is 29.6 Å². The van der Waals surface area contributed by atoms with E-state index in [0.717, 1.165) is 35.7 Å². The van der Waals surface area contributed by atoms with Crippen LogP contribution >= 0.6 is 0 Å². The van der Waals surface area contributed by atoms with Crippen LogP contribution in [0, 0.1) is 29.6 Å².